The number of esters is 1. The second kappa shape index (κ2) is 9.33. The SMILES string of the molecule is C=CC[C@H](C)[C@@H](CC(=O)C(C)(C)[C@@H](O)CC(=O)OC(C)(C)C)OC. The van der Waals surface area contributed by atoms with Gasteiger partial charge in [0.1, 0.15) is 11.4 Å². The van der Waals surface area contributed by atoms with E-state index in [0.717, 1.165) is 6.42 Å². The first-order chi connectivity index (χ1) is 10.8. The topological polar surface area (TPSA) is 72.8 Å². The molecule has 0 aromatic carbocycles. The van der Waals surface area contributed by atoms with E-state index in [9.17, 15) is 14.7 Å². The smallest absolute Gasteiger partial charge is 0.308 e. The molecule has 0 aliphatic heterocycles. The molecule has 0 saturated heterocycles. The van der Waals surface area contributed by atoms with Crippen LogP contribution >= 0.6 is 0 Å². The lowest BCUT2D eigenvalue weighted by Crippen LogP contribution is -2.41. The van der Waals surface area contributed by atoms with Gasteiger partial charge in [-0.25, -0.2) is 0 Å². The highest BCUT2D eigenvalue weighted by atomic mass is 16.6. The molecule has 0 unspecified atom stereocenters. The Kier molecular flexibility index (Phi) is 8.86. The summed E-state index contributed by atoms with van der Waals surface area (Å²) in [6.07, 6.45) is 1.16. The number of hydrogen-bond acceptors (Lipinski definition) is 5. The van der Waals surface area contributed by atoms with Crippen molar-refractivity contribution in [3.8, 4) is 0 Å². The predicted molar refractivity (Wildman–Crippen MR) is 94.6 cm³/mol. The third-order valence-electron chi connectivity index (χ3n) is 4.19. The van der Waals surface area contributed by atoms with Crippen LogP contribution in [-0.2, 0) is 19.1 Å². The minimum absolute atomic E-state index is 0.138. The zero-order valence-corrected chi connectivity index (χ0v) is 16.2. The Bertz CT molecular complexity index is 434. The van der Waals surface area contributed by atoms with Crippen LogP contribution in [0.3, 0.4) is 0 Å². The van der Waals surface area contributed by atoms with Crippen molar-refractivity contribution in [2.45, 2.75) is 78.6 Å². The van der Waals surface area contributed by atoms with E-state index in [1.807, 2.05) is 6.92 Å². The molecule has 5 nitrogen and oxygen atoms in total. The third kappa shape index (κ3) is 7.58. The summed E-state index contributed by atoms with van der Waals surface area (Å²) in [7, 11) is 1.57. The molecular weight excluding hydrogens is 308 g/mol. The van der Waals surface area contributed by atoms with E-state index in [-0.39, 0.29) is 30.6 Å². The molecule has 0 amide bonds. The number of aliphatic hydroxyl groups is 1. The van der Waals surface area contributed by atoms with Gasteiger partial charge >= 0.3 is 5.97 Å². The average molecular weight is 342 g/mol. The van der Waals surface area contributed by atoms with Crippen molar-refractivity contribution < 1.29 is 24.2 Å². The molecule has 0 bridgehead atoms. The van der Waals surface area contributed by atoms with Crippen LogP contribution in [-0.4, -0.2) is 41.8 Å². The van der Waals surface area contributed by atoms with Crippen molar-refractivity contribution in [2.24, 2.45) is 11.3 Å². The highest BCUT2D eigenvalue weighted by Crippen LogP contribution is 2.29. The second-order valence-corrected chi connectivity index (χ2v) is 7.93. The normalized spacial score (nSPS) is 16.2. The molecule has 0 rings (SSSR count). The molecule has 0 spiro atoms. The lowest BCUT2D eigenvalue weighted by molar-refractivity contribution is -0.159. The van der Waals surface area contributed by atoms with Crippen molar-refractivity contribution in [2.75, 3.05) is 7.11 Å². The van der Waals surface area contributed by atoms with Crippen molar-refractivity contribution in [3.05, 3.63) is 12.7 Å². The molecule has 0 aliphatic carbocycles. The van der Waals surface area contributed by atoms with Gasteiger partial charge in [-0.15, -0.1) is 6.58 Å². The number of aliphatic hydroxyl groups excluding tert-OH is 1. The Hall–Kier alpha value is -1.20. The largest absolute Gasteiger partial charge is 0.460 e. The van der Waals surface area contributed by atoms with Crippen molar-refractivity contribution in [3.63, 3.8) is 0 Å². The van der Waals surface area contributed by atoms with Gasteiger partial charge in [-0.2, -0.15) is 0 Å². The van der Waals surface area contributed by atoms with Gasteiger partial charge in [0.15, 0.2) is 0 Å². The standard InChI is InChI=1S/C19H34O5/c1-9-10-13(2)14(23-8)11-15(20)19(6,7)16(21)12-17(22)24-18(3,4)5/h9,13-14,16,21H,1,10-12H2,2-8H3/t13-,14+,16-/m0/s1. The van der Waals surface area contributed by atoms with Gasteiger partial charge in [0.2, 0.25) is 0 Å². The fourth-order valence-corrected chi connectivity index (χ4v) is 2.36. The lowest BCUT2D eigenvalue weighted by atomic mass is 9.77. The molecule has 0 saturated carbocycles. The molecule has 140 valence electrons. The van der Waals surface area contributed by atoms with Gasteiger partial charge < -0.3 is 14.6 Å². The summed E-state index contributed by atoms with van der Waals surface area (Å²) in [5.74, 6) is -0.504. The number of ketones is 1. The van der Waals surface area contributed by atoms with Crippen molar-refractivity contribution >= 4 is 11.8 Å². The molecule has 0 fully saturated rings. The fourth-order valence-electron chi connectivity index (χ4n) is 2.36. The summed E-state index contributed by atoms with van der Waals surface area (Å²) in [6, 6.07) is 0. The number of ether oxygens (including phenoxy) is 2. The number of carbonyl (C=O) groups is 2. The van der Waals surface area contributed by atoms with Gasteiger partial charge in [0.05, 0.1) is 18.6 Å². The highest BCUT2D eigenvalue weighted by Gasteiger charge is 2.39. The number of methoxy groups -OCH3 is 1. The highest BCUT2D eigenvalue weighted by molar-refractivity contribution is 5.86. The first-order valence-electron chi connectivity index (χ1n) is 8.42. The first-order valence-corrected chi connectivity index (χ1v) is 8.42. The molecule has 0 aromatic heterocycles. The van der Waals surface area contributed by atoms with Gasteiger partial charge in [-0.3, -0.25) is 9.59 Å². The minimum Gasteiger partial charge on any atom is -0.460 e. The van der Waals surface area contributed by atoms with Gasteiger partial charge in [-0.1, -0.05) is 26.8 Å². The van der Waals surface area contributed by atoms with Crippen LogP contribution < -0.4 is 0 Å². The van der Waals surface area contributed by atoms with Gasteiger partial charge in [0.25, 0.3) is 0 Å². The zero-order chi connectivity index (χ0) is 19.1. The Morgan fingerprint density at radius 1 is 1.17 bits per heavy atom. The van der Waals surface area contributed by atoms with Crippen molar-refractivity contribution in [1.29, 1.82) is 0 Å². The average Bonchev–Trinajstić information content (AvgIpc) is 2.42. The molecule has 24 heavy (non-hydrogen) atoms. The summed E-state index contributed by atoms with van der Waals surface area (Å²) in [6.45, 7) is 14.3. The number of allylic oxidation sites excluding steroid dienone is 1. The van der Waals surface area contributed by atoms with E-state index >= 15 is 0 Å². The van der Waals surface area contributed by atoms with Crippen molar-refractivity contribution in [1.82, 2.24) is 0 Å². The summed E-state index contributed by atoms with van der Waals surface area (Å²) in [5.41, 5.74) is -1.67. The Labute approximate surface area is 146 Å². The molecule has 0 aromatic rings. The van der Waals surface area contributed by atoms with E-state index in [1.54, 1.807) is 47.8 Å². The second-order valence-electron chi connectivity index (χ2n) is 7.93. The summed E-state index contributed by atoms with van der Waals surface area (Å²) in [4.78, 5) is 24.5. The van der Waals surface area contributed by atoms with E-state index in [1.165, 1.54) is 0 Å². The quantitative estimate of drug-likeness (QED) is 0.487. The first kappa shape index (κ1) is 22.8. The number of carbonyl (C=O) groups excluding carboxylic acids is 2. The Balaban J connectivity index is 4.85. The minimum atomic E-state index is -1.10. The molecule has 0 radical (unpaired) electrons. The maximum absolute atomic E-state index is 12.6. The Morgan fingerprint density at radius 2 is 1.71 bits per heavy atom. The van der Waals surface area contributed by atoms with Crippen LogP contribution in [0, 0.1) is 11.3 Å². The number of hydrogen-bond donors (Lipinski definition) is 1. The van der Waals surface area contributed by atoms with Crippen LogP contribution in [0.5, 0.6) is 0 Å². The zero-order valence-electron chi connectivity index (χ0n) is 16.2. The van der Waals surface area contributed by atoms with Crippen LogP contribution in [0.2, 0.25) is 0 Å². The number of rotatable bonds is 10. The predicted octanol–water partition coefficient (Wildman–Crippen LogP) is 3.29. The molecule has 3 atom stereocenters. The van der Waals surface area contributed by atoms with Crippen LogP contribution in [0.15, 0.2) is 12.7 Å². The van der Waals surface area contributed by atoms with Gasteiger partial charge in [-0.05, 0) is 33.1 Å². The maximum Gasteiger partial charge on any atom is 0.308 e. The summed E-state index contributed by atoms with van der Waals surface area (Å²) < 4.78 is 10.6. The van der Waals surface area contributed by atoms with E-state index in [0.29, 0.717) is 0 Å². The molecule has 1 N–H and O–H groups in total. The van der Waals surface area contributed by atoms with Crippen LogP contribution in [0.4, 0.5) is 0 Å². The third-order valence-corrected chi connectivity index (χ3v) is 4.19. The Morgan fingerprint density at radius 3 is 2.12 bits per heavy atom. The molecular formula is C19H34O5. The fraction of sp³-hybridized carbons (Fsp3) is 0.789. The van der Waals surface area contributed by atoms with E-state index < -0.39 is 23.1 Å². The van der Waals surface area contributed by atoms with E-state index in [4.69, 9.17) is 9.47 Å². The maximum atomic E-state index is 12.6. The molecule has 0 heterocycles. The molecule has 0 aliphatic rings. The van der Waals surface area contributed by atoms with Crippen LogP contribution in [0.25, 0.3) is 0 Å². The van der Waals surface area contributed by atoms with Crippen LogP contribution in [0.1, 0.15) is 60.8 Å². The monoisotopic (exact) mass is 342 g/mol. The summed E-state index contributed by atoms with van der Waals surface area (Å²) in [5, 5.41) is 10.4. The lowest BCUT2D eigenvalue weighted by Gasteiger charge is -2.32. The summed E-state index contributed by atoms with van der Waals surface area (Å²) >= 11 is 0. The molecule has 5 heteroatoms. The van der Waals surface area contributed by atoms with E-state index in [2.05, 4.69) is 6.58 Å². The van der Waals surface area contributed by atoms with Gasteiger partial charge in [0, 0.05) is 18.9 Å². The number of Topliss-reactive ketones (excluding diaryl/α,β-unsaturated/α-hetero) is 1.